The molecule has 0 amide bonds. The Morgan fingerprint density at radius 3 is 1.45 bits per heavy atom. The van der Waals surface area contributed by atoms with Crippen LogP contribution in [-0.4, -0.2) is 28.7 Å². The first kappa shape index (κ1) is 38.4. The molecule has 71 heavy (non-hydrogen) atoms. The summed E-state index contributed by atoms with van der Waals surface area (Å²) in [5.74, 6) is 1.61. The maximum Gasteiger partial charge on any atom is 0.132 e. The summed E-state index contributed by atoms with van der Waals surface area (Å²) in [4.78, 5) is 14.8. The lowest BCUT2D eigenvalue weighted by atomic mass is 9.66. The molecule has 7 heterocycles. The van der Waals surface area contributed by atoms with Gasteiger partial charge in [-0.25, -0.2) is 0 Å². The molecule has 14 aromatic rings. The van der Waals surface area contributed by atoms with Gasteiger partial charge in [-0.1, -0.05) is 121 Å². The van der Waals surface area contributed by atoms with Gasteiger partial charge in [-0.15, -0.1) is 0 Å². The SMILES string of the molecule is c1cnc2c(c1)C1(c3ccc(-c4ccc5c(c4)c4ccccc4n5-c4ccncc4-n4c5ccccc5c5ccccc54)cc3Oc3ccc(-n4c5ccccc5c5ccccc54)cc31)c1cccnc1-2. The maximum atomic E-state index is 7.17. The lowest BCUT2D eigenvalue weighted by molar-refractivity contribution is 0.436. The van der Waals surface area contributed by atoms with Crippen LogP contribution in [-0.2, 0) is 5.41 Å². The molecule has 2 aliphatic rings. The van der Waals surface area contributed by atoms with Crippen molar-refractivity contribution in [1.29, 1.82) is 0 Å². The van der Waals surface area contributed by atoms with E-state index in [4.69, 9.17) is 19.7 Å². The van der Waals surface area contributed by atoms with Crippen molar-refractivity contribution >= 4 is 65.4 Å². The number of aromatic nitrogens is 6. The Morgan fingerprint density at radius 1 is 0.338 bits per heavy atom. The smallest absolute Gasteiger partial charge is 0.132 e. The predicted molar refractivity (Wildman–Crippen MR) is 286 cm³/mol. The second-order valence-corrected chi connectivity index (χ2v) is 18.7. The quantitative estimate of drug-likeness (QED) is 0.176. The second-order valence-electron chi connectivity index (χ2n) is 18.7. The Hall–Kier alpha value is -9.59. The molecular weight excluding hydrogens is 869 g/mol. The largest absolute Gasteiger partial charge is 0.457 e. The van der Waals surface area contributed by atoms with Crippen molar-refractivity contribution in [2.24, 2.45) is 0 Å². The summed E-state index contributed by atoms with van der Waals surface area (Å²) < 4.78 is 14.3. The summed E-state index contributed by atoms with van der Waals surface area (Å²) in [5, 5.41) is 7.21. The van der Waals surface area contributed by atoms with Gasteiger partial charge >= 0.3 is 0 Å². The first-order valence-corrected chi connectivity index (χ1v) is 24.1. The number of rotatable bonds is 4. The Morgan fingerprint density at radius 2 is 0.845 bits per heavy atom. The second kappa shape index (κ2) is 14.2. The standard InChI is InChI=1S/C64H38N6O/c1-6-20-52-42(13-1)43-14-2-7-21-53(43)68(52)41-27-30-60-51(37-41)64(49-18-11-32-66-62(49)63-50(64)19-12-33-67-63)48-28-25-40(36-61(48)71-60)39-26-29-57-47(35-39)46-17-5-10-24-56(46)69(57)58-31-34-65-38-59(58)70-54-22-8-3-15-44(54)45-16-4-9-23-55(45)70/h1-38H. The highest BCUT2D eigenvalue weighted by molar-refractivity contribution is 6.13. The zero-order chi connectivity index (χ0) is 46.4. The van der Waals surface area contributed by atoms with E-state index >= 15 is 0 Å². The number of ether oxygens (including phenoxy) is 1. The number of benzene rings is 8. The molecular formula is C64H38N6O. The molecule has 0 N–H and O–H groups in total. The van der Waals surface area contributed by atoms with Gasteiger partial charge in [0.25, 0.3) is 0 Å². The van der Waals surface area contributed by atoms with Gasteiger partial charge in [0.1, 0.15) is 11.5 Å². The van der Waals surface area contributed by atoms with Crippen LogP contribution in [0.1, 0.15) is 22.3 Å². The zero-order valence-corrected chi connectivity index (χ0v) is 38.0. The Balaban J connectivity index is 0.887. The number of hydrogen-bond donors (Lipinski definition) is 0. The first-order valence-electron chi connectivity index (χ1n) is 24.1. The third-order valence-corrected chi connectivity index (χ3v) is 15.3. The fraction of sp³-hybridized carbons (Fsp3) is 0.0156. The average molecular weight is 907 g/mol. The van der Waals surface area contributed by atoms with Crippen LogP contribution in [0.25, 0.3) is 105 Å². The van der Waals surface area contributed by atoms with E-state index in [1.54, 1.807) is 0 Å². The molecule has 330 valence electrons. The molecule has 0 atom stereocenters. The molecule has 1 aliphatic carbocycles. The summed E-state index contributed by atoms with van der Waals surface area (Å²) in [6, 6.07) is 74.4. The third-order valence-electron chi connectivity index (χ3n) is 15.3. The minimum atomic E-state index is -0.751. The fourth-order valence-electron chi connectivity index (χ4n) is 12.5. The summed E-state index contributed by atoms with van der Waals surface area (Å²) in [7, 11) is 0. The Bertz CT molecular complexity index is 4440. The van der Waals surface area contributed by atoms with Crippen LogP contribution >= 0.6 is 0 Å². The van der Waals surface area contributed by atoms with Crippen LogP contribution in [0.15, 0.2) is 231 Å². The van der Waals surface area contributed by atoms with Crippen molar-refractivity contribution in [3.63, 3.8) is 0 Å². The predicted octanol–water partition coefficient (Wildman–Crippen LogP) is 15.3. The topological polar surface area (TPSA) is 62.7 Å². The number of hydrogen-bond acceptors (Lipinski definition) is 4. The van der Waals surface area contributed by atoms with Gasteiger partial charge in [0.2, 0.25) is 0 Å². The van der Waals surface area contributed by atoms with Crippen molar-refractivity contribution in [2.75, 3.05) is 0 Å². The lowest BCUT2D eigenvalue weighted by Crippen LogP contribution is -2.32. The minimum Gasteiger partial charge on any atom is -0.457 e. The molecule has 7 heteroatoms. The minimum absolute atomic E-state index is 0.751. The van der Waals surface area contributed by atoms with Gasteiger partial charge in [0, 0.05) is 67.7 Å². The molecule has 6 aromatic heterocycles. The Labute approximate surface area is 406 Å². The molecule has 16 rings (SSSR count). The average Bonchev–Trinajstić information content (AvgIpc) is 4.15. The van der Waals surface area contributed by atoms with E-state index in [0.29, 0.717) is 0 Å². The van der Waals surface area contributed by atoms with Gasteiger partial charge in [0.15, 0.2) is 0 Å². The molecule has 0 unspecified atom stereocenters. The summed E-state index contributed by atoms with van der Waals surface area (Å²) >= 11 is 0. The molecule has 1 spiro atoms. The molecule has 7 nitrogen and oxygen atoms in total. The molecule has 1 aliphatic heterocycles. The van der Waals surface area contributed by atoms with Crippen LogP contribution < -0.4 is 4.74 Å². The van der Waals surface area contributed by atoms with Crippen molar-refractivity contribution < 1.29 is 4.74 Å². The molecule has 0 saturated carbocycles. The van der Waals surface area contributed by atoms with Crippen LogP contribution in [0.2, 0.25) is 0 Å². The summed E-state index contributed by atoms with van der Waals surface area (Å²) in [6.07, 6.45) is 7.65. The van der Waals surface area contributed by atoms with Crippen LogP contribution in [0.5, 0.6) is 11.5 Å². The molecule has 0 fully saturated rings. The zero-order valence-electron chi connectivity index (χ0n) is 38.0. The van der Waals surface area contributed by atoms with Crippen LogP contribution in [0.3, 0.4) is 0 Å². The van der Waals surface area contributed by atoms with E-state index in [1.165, 1.54) is 26.9 Å². The van der Waals surface area contributed by atoms with E-state index in [-0.39, 0.29) is 0 Å². The lowest BCUT2D eigenvalue weighted by Gasteiger charge is -2.39. The summed E-state index contributed by atoms with van der Waals surface area (Å²) in [5.41, 5.74) is 17.5. The number of para-hydroxylation sites is 5. The van der Waals surface area contributed by atoms with E-state index < -0.39 is 5.41 Å². The Kier molecular flexibility index (Phi) is 7.69. The third kappa shape index (κ3) is 5.08. The molecule has 0 radical (unpaired) electrons. The maximum absolute atomic E-state index is 7.17. The van der Waals surface area contributed by atoms with Gasteiger partial charge in [-0.2, -0.15) is 0 Å². The van der Waals surface area contributed by atoms with Crippen molar-refractivity contribution in [3.05, 3.63) is 253 Å². The van der Waals surface area contributed by atoms with Gasteiger partial charge < -0.3 is 18.4 Å². The highest BCUT2D eigenvalue weighted by atomic mass is 16.5. The van der Waals surface area contributed by atoms with E-state index in [0.717, 1.165) is 112 Å². The highest BCUT2D eigenvalue weighted by Gasteiger charge is 2.52. The van der Waals surface area contributed by atoms with E-state index in [1.807, 2.05) is 24.8 Å². The van der Waals surface area contributed by atoms with Gasteiger partial charge in [-0.3, -0.25) is 15.0 Å². The van der Waals surface area contributed by atoms with Crippen LogP contribution in [0, 0.1) is 0 Å². The van der Waals surface area contributed by atoms with Crippen molar-refractivity contribution in [3.8, 4) is 51.1 Å². The van der Waals surface area contributed by atoms with Crippen LogP contribution in [0.4, 0.5) is 0 Å². The first-order chi connectivity index (χ1) is 35.2. The molecule has 8 aromatic carbocycles. The normalized spacial score (nSPS) is 13.3. The number of fused-ring (bicyclic) bond motifs is 18. The number of pyridine rings is 3. The van der Waals surface area contributed by atoms with Gasteiger partial charge in [-0.05, 0) is 107 Å². The van der Waals surface area contributed by atoms with E-state index in [2.05, 4.69) is 220 Å². The highest BCUT2D eigenvalue weighted by Crippen LogP contribution is 2.62. The molecule has 0 bridgehead atoms. The van der Waals surface area contributed by atoms with Crippen molar-refractivity contribution in [2.45, 2.75) is 5.41 Å². The van der Waals surface area contributed by atoms with E-state index in [9.17, 15) is 0 Å². The van der Waals surface area contributed by atoms with Gasteiger partial charge in [0.05, 0.1) is 67.5 Å². The molecule has 0 saturated heterocycles. The number of nitrogens with zero attached hydrogens (tertiary/aromatic N) is 6. The monoisotopic (exact) mass is 906 g/mol. The van der Waals surface area contributed by atoms with Crippen molar-refractivity contribution in [1.82, 2.24) is 28.7 Å². The fourth-order valence-corrected chi connectivity index (χ4v) is 12.5. The summed E-state index contributed by atoms with van der Waals surface area (Å²) in [6.45, 7) is 0.